The fourth-order valence-electron chi connectivity index (χ4n) is 2.25. The van der Waals surface area contributed by atoms with Gasteiger partial charge in [-0.1, -0.05) is 6.08 Å². The van der Waals surface area contributed by atoms with E-state index in [4.69, 9.17) is 0 Å². The summed E-state index contributed by atoms with van der Waals surface area (Å²) in [7, 11) is 1.87. The average molecular weight is 401 g/mol. The van der Waals surface area contributed by atoms with E-state index < -0.39 is 0 Å². The minimum atomic E-state index is 0.0234. The van der Waals surface area contributed by atoms with Gasteiger partial charge in [0, 0.05) is 17.5 Å². The van der Waals surface area contributed by atoms with Gasteiger partial charge in [0.05, 0.1) is 17.4 Å². The van der Waals surface area contributed by atoms with Crippen LogP contribution in [0.4, 0.5) is 0 Å². The van der Waals surface area contributed by atoms with Crippen molar-refractivity contribution in [1.82, 2.24) is 10.2 Å². The van der Waals surface area contributed by atoms with Crippen molar-refractivity contribution < 1.29 is 14.5 Å². The predicted octanol–water partition coefficient (Wildman–Crippen LogP) is 0.819. The van der Waals surface area contributed by atoms with Gasteiger partial charge in [0.15, 0.2) is 13.1 Å². The van der Waals surface area contributed by atoms with Crippen molar-refractivity contribution in [2.75, 3.05) is 26.7 Å². The van der Waals surface area contributed by atoms with E-state index in [1.54, 1.807) is 22.3 Å². The normalized spacial score (nSPS) is 15.0. The van der Waals surface area contributed by atoms with Crippen LogP contribution in [-0.2, 0) is 16.1 Å². The molecule has 0 radical (unpaired) electrons. The Kier molecular flexibility index (Phi) is 6.80. The maximum atomic E-state index is 12.5. The first-order valence-electron chi connectivity index (χ1n) is 7.71. The Morgan fingerprint density at radius 3 is 2.78 bits per heavy atom. The van der Waals surface area contributed by atoms with Crippen LogP contribution in [0.25, 0.3) is 0 Å². The van der Waals surface area contributed by atoms with E-state index in [9.17, 15) is 9.59 Å². The van der Waals surface area contributed by atoms with Gasteiger partial charge in [0.1, 0.15) is 0 Å². The maximum absolute atomic E-state index is 12.5. The minimum absolute atomic E-state index is 0.0234. The maximum Gasteiger partial charge on any atom is 0.278 e. The van der Waals surface area contributed by atoms with Gasteiger partial charge in [-0.25, -0.2) is 0 Å². The summed E-state index contributed by atoms with van der Waals surface area (Å²) >= 11 is 5.06. The summed E-state index contributed by atoms with van der Waals surface area (Å²) in [6, 6.07) is 4.36. The van der Waals surface area contributed by atoms with E-state index in [0.717, 1.165) is 26.4 Å². The Morgan fingerprint density at radius 2 is 2.22 bits per heavy atom. The van der Waals surface area contributed by atoms with Crippen LogP contribution in [0, 0.1) is 0 Å². The molecule has 0 bridgehead atoms. The number of hydrogen-bond donors (Lipinski definition) is 2. The number of halogens is 1. The second kappa shape index (κ2) is 8.61. The molecule has 0 saturated heterocycles. The van der Waals surface area contributed by atoms with Crippen LogP contribution < -0.4 is 10.2 Å². The van der Waals surface area contributed by atoms with Gasteiger partial charge in [0.25, 0.3) is 11.8 Å². The molecule has 1 saturated carbocycles. The Bertz CT molecular complexity index is 571. The van der Waals surface area contributed by atoms with Crippen molar-refractivity contribution in [2.45, 2.75) is 25.4 Å². The summed E-state index contributed by atoms with van der Waals surface area (Å²) in [5.74, 6) is 0.0569. The molecule has 1 aromatic rings. The molecule has 1 aromatic heterocycles. The van der Waals surface area contributed by atoms with Crippen LogP contribution in [0.15, 0.2) is 28.6 Å². The van der Waals surface area contributed by atoms with E-state index in [0.29, 0.717) is 32.2 Å². The van der Waals surface area contributed by atoms with Crippen LogP contribution in [0.1, 0.15) is 17.7 Å². The Labute approximate surface area is 149 Å². The lowest BCUT2D eigenvalue weighted by atomic mass is 10.3. The molecule has 5 nitrogen and oxygen atoms in total. The van der Waals surface area contributed by atoms with Gasteiger partial charge in [-0.2, -0.15) is 0 Å². The van der Waals surface area contributed by atoms with E-state index in [-0.39, 0.29) is 11.8 Å². The first-order valence-corrected chi connectivity index (χ1v) is 9.32. The van der Waals surface area contributed by atoms with Crippen molar-refractivity contribution in [3.63, 3.8) is 0 Å². The monoisotopic (exact) mass is 400 g/mol. The van der Waals surface area contributed by atoms with Gasteiger partial charge in [-0.3, -0.25) is 9.59 Å². The molecule has 1 aliphatic rings. The van der Waals surface area contributed by atoms with Crippen molar-refractivity contribution in [1.29, 1.82) is 0 Å². The molecule has 2 amide bonds. The van der Waals surface area contributed by atoms with E-state index in [1.807, 2.05) is 19.2 Å². The molecular weight excluding hydrogens is 378 g/mol. The molecule has 126 valence electrons. The Balaban J connectivity index is 1.83. The van der Waals surface area contributed by atoms with Gasteiger partial charge in [-0.15, -0.1) is 17.9 Å². The van der Waals surface area contributed by atoms with E-state index >= 15 is 0 Å². The zero-order chi connectivity index (χ0) is 16.8. The number of amides is 2. The Morgan fingerprint density at radius 1 is 1.48 bits per heavy atom. The molecule has 1 unspecified atom stereocenters. The molecule has 1 heterocycles. The average Bonchev–Trinajstić information content (AvgIpc) is 3.18. The van der Waals surface area contributed by atoms with Gasteiger partial charge in [0.2, 0.25) is 0 Å². The molecular formula is C16H23BrN3O2S+. The largest absolute Gasteiger partial charge is 0.348 e. The van der Waals surface area contributed by atoms with Crippen molar-refractivity contribution in [3.05, 3.63) is 33.5 Å². The second-order valence-electron chi connectivity index (χ2n) is 5.92. The standard InChI is InChI=1S/C16H22BrN3O2S/c1-3-8-20(9-13-6-7-14(17)23-13)16(22)11-19(2)10-15(21)18-12-4-5-12/h3,6-7,12H,1,4-5,8-11H2,2H3,(H,18,21)/p+1. The summed E-state index contributed by atoms with van der Waals surface area (Å²) in [5.41, 5.74) is 0. The number of carbonyl (C=O) groups is 2. The first kappa shape index (κ1) is 18.2. The van der Waals surface area contributed by atoms with E-state index in [1.165, 1.54) is 0 Å². The van der Waals surface area contributed by atoms with Crippen LogP contribution in [0.2, 0.25) is 0 Å². The number of rotatable bonds is 9. The van der Waals surface area contributed by atoms with Crippen LogP contribution in [-0.4, -0.2) is 49.4 Å². The molecule has 0 spiro atoms. The lowest BCUT2D eigenvalue weighted by Crippen LogP contribution is -3.11. The Hall–Kier alpha value is -1.18. The highest BCUT2D eigenvalue weighted by Gasteiger charge is 2.25. The zero-order valence-electron chi connectivity index (χ0n) is 13.3. The molecule has 7 heteroatoms. The van der Waals surface area contributed by atoms with Gasteiger partial charge >= 0.3 is 0 Å². The van der Waals surface area contributed by atoms with Gasteiger partial charge in [-0.05, 0) is 40.9 Å². The number of hydrogen-bond acceptors (Lipinski definition) is 3. The topological polar surface area (TPSA) is 53.9 Å². The summed E-state index contributed by atoms with van der Waals surface area (Å²) in [6.45, 7) is 5.44. The predicted molar refractivity (Wildman–Crippen MR) is 95.4 cm³/mol. The summed E-state index contributed by atoms with van der Waals surface area (Å²) < 4.78 is 1.05. The minimum Gasteiger partial charge on any atom is -0.348 e. The number of nitrogens with zero attached hydrogens (tertiary/aromatic N) is 1. The van der Waals surface area contributed by atoms with Gasteiger partial charge < -0.3 is 15.1 Å². The highest BCUT2D eigenvalue weighted by atomic mass is 79.9. The number of likely N-dealkylation sites (N-methyl/N-ethyl adjacent to an activating group) is 1. The fraction of sp³-hybridized carbons (Fsp3) is 0.500. The van der Waals surface area contributed by atoms with E-state index in [2.05, 4.69) is 27.8 Å². The summed E-state index contributed by atoms with van der Waals surface area (Å²) in [6.07, 6.45) is 3.89. The lowest BCUT2D eigenvalue weighted by Gasteiger charge is -2.22. The highest BCUT2D eigenvalue weighted by Crippen LogP contribution is 2.23. The van der Waals surface area contributed by atoms with Crippen LogP contribution >= 0.6 is 27.3 Å². The molecule has 23 heavy (non-hydrogen) atoms. The molecule has 0 aromatic carbocycles. The third-order valence-electron chi connectivity index (χ3n) is 3.54. The summed E-state index contributed by atoms with van der Waals surface area (Å²) in [4.78, 5) is 28.1. The van der Waals surface area contributed by atoms with Crippen LogP contribution in [0.5, 0.6) is 0 Å². The molecule has 1 atom stereocenters. The van der Waals surface area contributed by atoms with Crippen molar-refractivity contribution in [2.24, 2.45) is 0 Å². The summed E-state index contributed by atoms with van der Waals surface area (Å²) in [5, 5.41) is 2.95. The molecule has 0 aliphatic heterocycles. The third-order valence-corrected chi connectivity index (χ3v) is 5.14. The molecule has 1 aliphatic carbocycles. The number of carbonyl (C=O) groups excluding carboxylic acids is 2. The molecule has 2 rings (SSSR count). The first-order chi connectivity index (χ1) is 11.0. The molecule has 2 N–H and O–H groups in total. The van der Waals surface area contributed by atoms with Crippen molar-refractivity contribution >= 4 is 39.1 Å². The SMILES string of the molecule is C=CCN(Cc1ccc(Br)s1)C(=O)C[NH+](C)CC(=O)NC1CC1. The zero-order valence-corrected chi connectivity index (χ0v) is 15.7. The number of thiophene rings is 1. The quantitative estimate of drug-likeness (QED) is 0.602. The number of quaternary nitrogens is 1. The highest BCUT2D eigenvalue weighted by molar-refractivity contribution is 9.11. The third kappa shape index (κ3) is 6.45. The molecule has 1 fully saturated rings. The number of nitrogens with one attached hydrogen (secondary N) is 2. The van der Waals surface area contributed by atoms with Crippen molar-refractivity contribution in [3.8, 4) is 0 Å². The lowest BCUT2D eigenvalue weighted by molar-refractivity contribution is -0.863. The van der Waals surface area contributed by atoms with Crippen LogP contribution in [0.3, 0.4) is 0 Å². The fourth-order valence-corrected chi connectivity index (χ4v) is 3.75. The smallest absolute Gasteiger partial charge is 0.278 e. The second-order valence-corrected chi connectivity index (χ2v) is 8.47.